The van der Waals surface area contributed by atoms with E-state index >= 15 is 0 Å². The summed E-state index contributed by atoms with van der Waals surface area (Å²) in [5.74, 6) is 0.679. The number of thiazole rings is 2. The molecule has 20 heavy (non-hydrogen) atoms. The molecule has 0 amide bonds. The average molecular weight is 310 g/mol. The maximum atomic E-state index is 4.50. The van der Waals surface area contributed by atoms with E-state index in [0.29, 0.717) is 5.92 Å². The summed E-state index contributed by atoms with van der Waals surface area (Å²) in [5, 5.41) is 7.73. The van der Waals surface area contributed by atoms with Gasteiger partial charge in [-0.3, -0.25) is 0 Å². The van der Waals surface area contributed by atoms with Gasteiger partial charge in [0.2, 0.25) is 0 Å². The molecule has 1 N–H and O–H groups in total. The van der Waals surface area contributed by atoms with Crippen LogP contribution in [0.1, 0.15) is 29.4 Å². The molecule has 2 aromatic heterocycles. The van der Waals surface area contributed by atoms with Crippen LogP contribution in [0, 0.1) is 12.8 Å². The third-order valence-electron chi connectivity index (χ3n) is 2.79. The Morgan fingerprint density at radius 2 is 2.20 bits per heavy atom. The van der Waals surface area contributed by atoms with E-state index in [1.807, 2.05) is 13.1 Å². The Bertz CT molecular complexity index is 533. The summed E-state index contributed by atoms with van der Waals surface area (Å²) in [6.45, 7) is 9.23. The first-order chi connectivity index (χ1) is 9.54. The van der Waals surface area contributed by atoms with Crippen LogP contribution in [-0.4, -0.2) is 23.6 Å². The Labute approximate surface area is 128 Å². The molecule has 0 saturated heterocycles. The standard InChI is InChI=1S/C14H22N4S2/c1-10(2)5-15-6-13-7-16-14(20-13)18(4)8-12-9-19-11(3)17-12/h7,9-10,15H,5-6,8H2,1-4H3. The minimum Gasteiger partial charge on any atom is -0.345 e. The molecule has 110 valence electrons. The van der Waals surface area contributed by atoms with E-state index in [-0.39, 0.29) is 0 Å². The van der Waals surface area contributed by atoms with Gasteiger partial charge in [-0.25, -0.2) is 9.97 Å². The van der Waals surface area contributed by atoms with E-state index in [1.165, 1.54) is 4.88 Å². The minimum atomic E-state index is 0.679. The quantitative estimate of drug-likeness (QED) is 0.852. The lowest BCUT2D eigenvalue weighted by Crippen LogP contribution is -2.18. The van der Waals surface area contributed by atoms with Gasteiger partial charge in [-0.15, -0.1) is 22.7 Å². The summed E-state index contributed by atoms with van der Waals surface area (Å²) >= 11 is 3.44. The number of rotatable bonds is 7. The molecule has 0 aliphatic carbocycles. The van der Waals surface area contributed by atoms with Crippen molar-refractivity contribution in [2.24, 2.45) is 5.92 Å². The zero-order valence-corrected chi connectivity index (χ0v) is 14.1. The van der Waals surface area contributed by atoms with Crippen LogP contribution in [0.2, 0.25) is 0 Å². The molecule has 6 heteroatoms. The van der Waals surface area contributed by atoms with Crippen molar-refractivity contribution in [3.8, 4) is 0 Å². The highest BCUT2D eigenvalue weighted by Gasteiger charge is 2.09. The highest BCUT2D eigenvalue weighted by Crippen LogP contribution is 2.23. The second kappa shape index (κ2) is 7.15. The number of aromatic nitrogens is 2. The average Bonchev–Trinajstić information content (AvgIpc) is 2.98. The van der Waals surface area contributed by atoms with Gasteiger partial charge in [0.25, 0.3) is 0 Å². The molecule has 0 atom stereocenters. The fourth-order valence-corrected chi connectivity index (χ4v) is 3.27. The molecule has 2 aromatic rings. The van der Waals surface area contributed by atoms with Gasteiger partial charge in [-0.1, -0.05) is 13.8 Å². The fraction of sp³-hybridized carbons (Fsp3) is 0.571. The van der Waals surface area contributed by atoms with Crippen LogP contribution < -0.4 is 10.2 Å². The zero-order valence-electron chi connectivity index (χ0n) is 12.5. The van der Waals surface area contributed by atoms with Gasteiger partial charge in [0.1, 0.15) is 0 Å². The monoisotopic (exact) mass is 310 g/mol. The molecular formula is C14H22N4S2. The first-order valence-electron chi connectivity index (χ1n) is 6.82. The van der Waals surface area contributed by atoms with Crippen molar-refractivity contribution in [1.82, 2.24) is 15.3 Å². The second-order valence-corrected chi connectivity index (χ2v) is 7.50. The summed E-state index contributed by atoms with van der Waals surface area (Å²) in [7, 11) is 2.07. The highest BCUT2D eigenvalue weighted by molar-refractivity contribution is 7.15. The minimum absolute atomic E-state index is 0.679. The molecule has 0 spiro atoms. The molecule has 2 rings (SSSR count). The van der Waals surface area contributed by atoms with Crippen LogP contribution in [0.15, 0.2) is 11.6 Å². The van der Waals surface area contributed by atoms with E-state index in [1.54, 1.807) is 22.7 Å². The van der Waals surface area contributed by atoms with Gasteiger partial charge < -0.3 is 10.2 Å². The predicted molar refractivity (Wildman–Crippen MR) is 87.6 cm³/mol. The molecule has 0 radical (unpaired) electrons. The molecule has 0 fully saturated rings. The molecule has 0 aliphatic heterocycles. The lowest BCUT2D eigenvalue weighted by molar-refractivity contribution is 0.554. The molecule has 0 aromatic carbocycles. The van der Waals surface area contributed by atoms with Crippen LogP contribution in [0.5, 0.6) is 0 Å². The van der Waals surface area contributed by atoms with Gasteiger partial charge >= 0.3 is 0 Å². The van der Waals surface area contributed by atoms with Crippen molar-refractivity contribution in [2.45, 2.75) is 33.9 Å². The Hall–Kier alpha value is -0.980. The van der Waals surface area contributed by atoms with E-state index in [9.17, 15) is 0 Å². The van der Waals surface area contributed by atoms with Crippen molar-refractivity contribution >= 4 is 27.8 Å². The van der Waals surface area contributed by atoms with Gasteiger partial charge in [0.05, 0.1) is 17.2 Å². The third kappa shape index (κ3) is 4.54. The van der Waals surface area contributed by atoms with E-state index < -0.39 is 0 Å². The van der Waals surface area contributed by atoms with Crippen molar-refractivity contribution in [2.75, 3.05) is 18.5 Å². The lowest BCUT2D eigenvalue weighted by Gasteiger charge is -2.13. The number of anilines is 1. The number of hydrogen-bond acceptors (Lipinski definition) is 6. The van der Waals surface area contributed by atoms with Crippen molar-refractivity contribution in [1.29, 1.82) is 0 Å². The van der Waals surface area contributed by atoms with Crippen molar-refractivity contribution in [3.63, 3.8) is 0 Å². The molecule has 0 aliphatic rings. The van der Waals surface area contributed by atoms with Crippen LogP contribution in [0.4, 0.5) is 5.13 Å². The van der Waals surface area contributed by atoms with Gasteiger partial charge in [-0.2, -0.15) is 0 Å². The Morgan fingerprint density at radius 1 is 1.40 bits per heavy atom. The first kappa shape index (κ1) is 15.4. The largest absolute Gasteiger partial charge is 0.345 e. The maximum absolute atomic E-state index is 4.50. The second-order valence-electron chi connectivity index (χ2n) is 5.35. The number of aryl methyl sites for hydroxylation is 1. The molecular weight excluding hydrogens is 288 g/mol. The summed E-state index contributed by atoms with van der Waals surface area (Å²) in [6, 6.07) is 0. The predicted octanol–water partition coefficient (Wildman–Crippen LogP) is 3.29. The van der Waals surface area contributed by atoms with Crippen molar-refractivity contribution < 1.29 is 0 Å². The van der Waals surface area contributed by atoms with E-state index in [2.05, 4.69) is 46.5 Å². The topological polar surface area (TPSA) is 41.1 Å². The molecule has 4 nitrogen and oxygen atoms in total. The van der Waals surface area contributed by atoms with E-state index in [4.69, 9.17) is 0 Å². The normalized spacial score (nSPS) is 11.2. The molecule has 0 saturated carbocycles. The number of hydrogen-bond donors (Lipinski definition) is 1. The highest BCUT2D eigenvalue weighted by atomic mass is 32.1. The molecule has 2 heterocycles. The SMILES string of the molecule is Cc1nc(CN(C)c2ncc(CNCC(C)C)s2)cs1. The van der Waals surface area contributed by atoms with Gasteiger partial charge in [0.15, 0.2) is 5.13 Å². The Morgan fingerprint density at radius 3 is 2.85 bits per heavy atom. The summed E-state index contributed by atoms with van der Waals surface area (Å²) in [5.41, 5.74) is 1.12. The summed E-state index contributed by atoms with van der Waals surface area (Å²) < 4.78 is 0. The Kier molecular flexibility index (Phi) is 5.51. The molecule has 0 bridgehead atoms. The first-order valence-corrected chi connectivity index (χ1v) is 8.51. The third-order valence-corrected chi connectivity index (χ3v) is 4.72. The van der Waals surface area contributed by atoms with E-state index in [0.717, 1.165) is 35.5 Å². The summed E-state index contributed by atoms with van der Waals surface area (Å²) in [6.07, 6.45) is 1.97. The molecule has 0 unspecified atom stereocenters. The van der Waals surface area contributed by atoms with Crippen molar-refractivity contribution in [3.05, 3.63) is 27.2 Å². The van der Waals surface area contributed by atoms with Crippen LogP contribution >= 0.6 is 22.7 Å². The van der Waals surface area contributed by atoms with Gasteiger partial charge in [-0.05, 0) is 19.4 Å². The lowest BCUT2D eigenvalue weighted by atomic mass is 10.2. The number of nitrogens with zero attached hydrogens (tertiary/aromatic N) is 3. The van der Waals surface area contributed by atoms with Crippen LogP contribution in [-0.2, 0) is 13.1 Å². The summed E-state index contributed by atoms with van der Waals surface area (Å²) in [4.78, 5) is 12.4. The van der Waals surface area contributed by atoms with Gasteiger partial charge in [0, 0.05) is 30.0 Å². The van der Waals surface area contributed by atoms with Crippen LogP contribution in [0.3, 0.4) is 0 Å². The number of nitrogens with one attached hydrogen (secondary N) is 1. The maximum Gasteiger partial charge on any atom is 0.185 e. The smallest absolute Gasteiger partial charge is 0.185 e. The Balaban J connectivity index is 1.87. The zero-order chi connectivity index (χ0) is 14.5. The van der Waals surface area contributed by atoms with Crippen LogP contribution in [0.25, 0.3) is 0 Å². The fourth-order valence-electron chi connectivity index (χ4n) is 1.83.